The molecule has 0 unspecified atom stereocenters. The Morgan fingerprint density at radius 2 is 2.06 bits per heavy atom. The van der Waals surface area contributed by atoms with Gasteiger partial charge in [0.1, 0.15) is 5.82 Å². The van der Waals surface area contributed by atoms with Crippen LogP contribution in [-0.2, 0) is 17.8 Å². The van der Waals surface area contributed by atoms with Crippen molar-refractivity contribution in [2.45, 2.75) is 26.3 Å². The van der Waals surface area contributed by atoms with Gasteiger partial charge in [0.15, 0.2) is 0 Å². The quantitative estimate of drug-likeness (QED) is 0.877. The number of rotatable bonds is 5. The van der Waals surface area contributed by atoms with Gasteiger partial charge in [0.2, 0.25) is 0 Å². The fourth-order valence-corrected chi connectivity index (χ4v) is 1.87. The Kier molecular flexibility index (Phi) is 3.77. The molecule has 94 valence electrons. The molecule has 1 aromatic carbocycles. The minimum atomic E-state index is -0.787. The average Bonchev–Trinajstić information content (AvgIpc) is 2.69. The van der Waals surface area contributed by atoms with Crippen LogP contribution in [0, 0.1) is 6.92 Å². The predicted molar refractivity (Wildman–Crippen MR) is 68.5 cm³/mol. The standard InChI is InChI=1S/C14H16N2O2/c1-11-15-13(7-8-14(17)18)10-16(11)9-12-5-3-2-4-6-12/h2-6,10H,7-9H2,1H3,(H,17,18). The fraction of sp³-hybridized carbons (Fsp3) is 0.286. The van der Waals surface area contributed by atoms with Gasteiger partial charge in [0.05, 0.1) is 12.1 Å². The minimum Gasteiger partial charge on any atom is -0.481 e. The second kappa shape index (κ2) is 5.49. The highest BCUT2D eigenvalue weighted by molar-refractivity contribution is 5.66. The molecule has 1 N–H and O–H groups in total. The average molecular weight is 244 g/mol. The Morgan fingerprint density at radius 1 is 1.33 bits per heavy atom. The van der Waals surface area contributed by atoms with Gasteiger partial charge in [-0.1, -0.05) is 30.3 Å². The molecular formula is C14H16N2O2. The molecule has 0 atom stereocenters. The molecule has 2 rings (SSSR count). The molecular weight excluding hydrogens is 228 g/mol. The van der Waals surface area contributed by atoms with E-state index in [1.54, 1.807) is 0 Å². The number of imidazole rings is 1. The Labute approximate surface area is 106 Å². The van der Waals surface area contributed by atoms with Gasteiger partial charge in [-0.25, -0.2) is 4.98 Å². The van der Waals surface area contributed by atoms with E-state index in [2.05, 4.69) is 17.1 Å². The fourth-order valence-electron chi connectivity index (χ4n) is 1.87. The second-order valence-corrected chi connectivity index (χ2v) is 4.29. The maximum absolute atomic E-state index is 10.5. The predicted octanol–water partition coefficient (Wildman–Crippen LogP) is 2.26. The highest BCUT2D eigenvalue weighted by Crippen LogP contribution is 2.09. The summed E-state index contributed by atoms with van der Waals surface area (Å²) in [4.78, 5) is 14.9. The molecule has 18 heavy (non-hydrogen) atoms. The van der Waals surface area contributed by atoms with Crippen LogP contribution in [0.1, 0.15) is 23.5 Å². The van der Waals surface area contributed by atoms with E-state index in [4.69, 9.17) is 5.11 Å². The van der Waals surface area contributed by atoms with Crippen molar-refractivity contribution < 1.29 is 9.90 Å². The number of hydrogen-bond donors (Lipinski definition) is 1. The van der Waals surface area contributed by atoms with Crippen molar-refractivity contribution in [2.24, 2.45) is 0 Å². The van der Waals surface area contributed by atoms with Crippen LogP contribution in [0.5, 0.6) is 0 Å². The van der Waals surface area contributed by atoms with Crippen LogP contribution < -0.4 is 0 Å². The van der Waals surface area contributed by atoms with E-state index in [1.165, 1.54) is 5.56 Å². The number of carboxylic acids is 1. The van der Waals surface area contributed by atoms with E-state index in [0.717, 1.165) is 18.1 Å². The topological polar surface area (TPSA) is 55.1 Å². The van der Waals surface area contributed by atoms with Crippen LogP contribution in [0.3, 0.4) is 0 Å². The van der Waals surface area contributed by atoms with Gasteiger partial charge in [-0.05, 0) is 12.5 Å². The number of aliphatic carboxylic acids is 1. The third-order valence-corrected chi connectivity index (χ3v) is 2.82. The molecule has 0 radical (unpaired) electrons. The first-order valence-corrected chi connectivity index (χ1v) is 5.93. The second-order valence-electron chi connectivity index (χ2n) is 4.29. The summed E-state index contributed by atoms with van der Waals surface area (Å²) in [6, 6.07) is 10.1. The summed E-state index contributed by atoms with van der Waals surface area (Å²) >= 11 is 0. The largest absolute Gasteiger partial charge is 0.481 e. The van der Waals surface area contributed by atoms with Crippen LogP contribution in [-0.4, -0.2) is 20.6 Å². The zero-order chi connectivity index (χ0) is 13.0. The maximum atomic E-state index is 10.5. The number of hydrogen-bond acceptors (Lipinski definition) is 2. The van der Waals surface area contributed by atoms with Gasteiger partial charge in [0.25, 0.3) is 0 Å². The zero-order valence-corrected chi connectivity index (χ0v) is 10.3. The molecule has 2 aromatic rings. The summed E-state index contributed by atoms with van der Waals surface area (Å²) in [5.74, 6) is 0.129. The van der Waals surface area contributed by atoms with Gasteiger partial charge >= 0.3 is 5.97 Å². The zero-order valence-electron chi connectivity index (χ0n) is 10.3. The lowest BCUT2D eigenvalue weighted by Gasteiger charge is -2.04. The molecule has 0 aliphatic carbocycles. The number of benzene rings is 1. The molecule has 0 fully saturated rings. The highest BCUT2D eigenvalue weighted by Gasteiger charge is 2.06. The van der Waals surface area contributed by atoms with Gasteiger partial charge in [-0.2, -0.15) is 0 Å². The lowest BCUT2D eigenvalue weighted by Crippen LogP contribution is -2.00. The molecule has 4 heteroatoms. The van der Waals surface area contributed by atoms with Gasteiger partial charge in [-0.3, -0.25) is 4.79 Å². The van der Waals surface area contributed by atoms with Crippen molar-refractivity contribution in [3.63, 3.8) is 0 Å². The maximum Gasteiger partial charge on any atom is 0.303 e. The molecule has 0 bridgehead atoms. The summed E-state index contributed by atoms with van der Waals surface area (Å²) in [6.07, 6.45) is 2.55. The Balaban J connectivity index is 2.07. The molecule has 0 spiro atoms. The molecule has 4 nitrogen and oxygen atoms in total. The first-order valence-electron chi connectivity index (χ1n) is 5.93. The van der Waals surface area contributed by atoms with Crippen molar-refractivity contribution in [1.82, 2.24) is 9.55 Å². The molecule has 0 aliphatic heterocycles. The van der Waals surface area contributed by atoms with Crippen molar-refractivity contribution in [3.05, 3.63) is 53.6 Å². The smallest absolute Gasteiger partial charge is 0.303 e. The molecule has 0 aliphatic rings. The first kappa shape index (κ1) is 12.4. The SMILES string of the molecule is Cc1nc(CCC(=O)O)cn1Cc1ccccc1. The van der Waals surface area contributed by atoms with E-state index >= 15 is 0 Å². The van der Waals surface area contributed by atoms with E-state index in [-0.39, 0.29) is 6.42 Å². The van der Waals surface area contributed by atoms with E-state index < -0.39 is 5.97 Å². The Hall–Kier alpha value is -2.10. The third-order valence-electron chi connectivity index (χ3n) is 2.82. The molecule has 0 saturated carbocycles. The molecule has 0 saturated heterocycles. The van der Waals surface area contributed by atoms with Crippen LogP contribution >= 0.6 is 0 Å². The van der Waals surface area contributed by atoms with Crippen molar-refractivity contribution >= 4 is 5.97 Å². The number of aromatic nitrogens is 2. The van der Waals surface area contributed by atoms with Gasteiger partial charge in [0, 0.05) is 19.2 Å². The van der Waals surface area contributed by atoms with E-state index in [1.807, 2.05) is 35.9 Å². The Bertz CT molecular complexity index is 532. The summed E-state index contributed by atoms with van der Waals surface area (Å²) in [5, 5.41) is 8.65. The van der Waals surface area contributed by atoms with Crippen LogP contribution in [0.2, 0.25) is 0 Å². The lowest BCUT2D eigenvalue weighted by atomic mass is 10.2. The molecule has 0 amide bonds. The summed E-state index contributed by atoms with van der Waals surface area (Å²) in [7, 11) is 0. The number of nitrogens with zero attached hydrogens (tertiary/aromatic N) is 2. The lowest BCUT2D eigenvalue weighted by molar-refractivity contribution is -0.136. The third kappa shape index (κ3) is 3.20. The number of carboxylic acid groups (broad SMARTS) is 1. The highest BCUT2D eigenvalue weighted by atomic mass is 16.4. The monoisotopic (exact) mass is 244 g/mol. The molecule has 1 heterocycles. The Morgan fingerprint density at radius 3 is 2.72 bits per heavy atom. The van der Waals surface area contributed by atoms with E-state index in [0.29, 0.717) is 6.42 Å². The minimum absolute atomic E-state index is 0.127. The van der Waals surface area contributed by atoms with E-state index in [9.17, 15) is 4.79 Å². The van der Waals surface area contributed by atoms with Crippen molar-refractivity contribution in [1.29, 1.82) is 0 Å². The summed E-state index contributed by atoms with van der Waals surface area (Å²) < 4.78 is 2.05. The summed E-state index contributed by atoms with van der Waals surface area (Å²) in [5.41, 5.74) is 2.05. The normalized spacial score (nSPS) is 10.5. The number of aryl methyl sites for hydroxylation is 2. The number of carbonyl (C=O) groups is 1. The van der Waals surface area contributed by atoms with Gasteiger partial charge in [-0.15, -0.1) is 0 Å². The van der Waals surface area contributed by atoms with Crippen molar-refractivity contribution in [2.75, 3.05) is 0 Å². The van der Waals surface area contributed by atoms with Crippen LogP contribution in [0.25, 0.3) is 0 Å². The van der Waals surface area contributed by atoms with Gasteiger partial charge < -0.3 is 9.67 Å². The molecule has 1 aromatic heterocycles. The van der Waals surface area contributed by atoms with Crippen molar-refractivity contribution in [3.8, 4) is 0 Å². The van der Waals surface area contributed by atoms with Crippen LogP contribution in [0.15, 0.2) is 36.5 Å². The first-order chi connectivity index (χ1) is 8.65. The summed E-state index contributed by atoms with van der Waals surface area (Å²) in [6.45, 7) is 2.71. The van der Waals surface area contributed by atoms with Crippen LogP contribution in [0.4, 0.5) is 0 Å².